The van der Waals surface area contributed by atoms with Gasteiger partial charge in [0, 0.05) is 15.7 Å². The summed E-state index contributed by atoms with van der Waals surface area (Å²) in [7, 11) is 0. The normalized spacial score (nSPS) is 12.1. The van der Waals surface area contributed by atoms with Crippen molar-refractivity contribution < 1.29 is 0 Å². The Labute approximate surface area is 225 Å². The van der Waals surface area contributed by atoms with E-state index in [0.717, 1.165) is 32.9 Å². The van der Waals surface area contributed by atoms with Crippen molar-refractivity contribution in [3.63, 3.8) is 0 Å². The second-order valence-corrected chi connectivity index (χ2v) is 10.1. The highest BCUT2D eigenvalue weighted by Crippen LogP contribution is 2.52. The van der Waals surface area contributed by atoms with Crippen LogP contribution in [0.15, 0.2) is 138 Å². The Hall–Kier alpha value is -4.34. The Morgan fingerprint density at radius 1 is 0.486 bits per heavy atom. The molecule has 0 saturated heterocycles. The smallest absolute Gasteiger partial charge is 0.0709 e. The van der Waals surface area contributed by atoms with Gasteiger partial charge in [-0.15, -0.1) is 0 Å². The molecule has 0 aromatic heterocycles. The van der Waals surface area contributed by atoms with Crippen LogP contribution in [0.5, 0.6) is 0 Å². The van der Waals surface area contributed by atoms with E-state index in [1.165, 1.54) is 33.0 Å². The van der Waals surface area contributed by atoms with Crippen LogP contribution in [0.3, 0.4) is 0 Å². The minimum atomic E-state index is 1.08. The van der Waals surface area contributed by atoms with Crippen molar-refractivity contribution in [2.45, 2.75) is 0 Å². The van der Waals surface area contributed by atoms with Crippen LogP contribution in [0.1, 0.15) is 0 Å². The van der Waals surface area contributed by atoms with Gasteiger partial charge in [-0.1, -0.05) is 101 Å². The van der Waals surface area contributed by atoms with Crippen molar-refractivity contribution in [1.82, 2.24) is 0 Å². The van der Waals surface area contributed by atoms with Crippen LogP contribution in [0.25, 0.3) is 33.0 Å². The molecule has 7 rings (SSSR count). The number of fused-ring (bicyclic) bond motifs is 3. The number of rotatable bonds is 3. The van der Waals surface area contributed by atoms with Crippen molar-refractivity contribution in [1.29, 1.82) is 0 Å². The third-order valence-corrected chi connectivity index (χ3v) is 7.73. The first-order chi connectivity index (χ1) is 18.3. The average Bonchev–Trinajstić information content (AvgIpc) is 2.95. The maximum Gasteiger partial charge on any atom is 0.0709 e. The van der Waals surface area contributed by atoms with Crippen LogP contribution in [0.4, 0.5) is 28.4 Å². The molecular formula is C34H23BrN2. The summed E-state index contributed by atoms with van der Waals surface area (Å²) in [6.45, 7) is 0. The molecule has 0 atom stereocenters. The van der Waals surface area contributed by atoms with Gasteiger partial charge in [0.1, 0.15) is 0 Å². The van der Waals surface area contributed by atoms with Gasteiger partial charge in [0.25, 0.3) is 0 Å². The lowest BCUT2D eigenvalue weighted by Gasteiger charge is -2.35. The SMILES string of the molecule is Brc1ccccc1-c1cc2ccccc2cc1-c1cccc2c1Nc1ccccc1N2c1ccccc1. The first kappa shape index (κ1) is 21.9. The third kappa shape index (κ3) is 3.71. The molecule has 1 aliphatic heterocycles. The zero-order chi connectivity index (χ0) is 24.8. The number of benzene rings is 6. The summed E-state index contributed by atoms with van der Waals surface area (Å²) in [6, 6.07) is 47.4. The van der Waals surface area contributed by atoms with Crippen LogP contribution in [-0.2, 0) is 0 Å². The Morgan fingerprint density at radius 3 is 1.86 bits per heavy atom. The van der Waals surface area contributed by atoms with E-state index in [-0.39, 0.29) is 0 Å². The van der Waals surface area contributed by atoms with E-state index in [4.69, 9.17) is 0 Å². The maximum atomic E-state index is 3.82. The van der Waals surface area contributed by atoms with E-state index in [2.05, 4.69) is 160 Å². The number of hydrogen-bond acceptors (Lipinski definition) is 2. The molecule has 1 aliphatic rings. The van der Waals surface area contributed by atoms with E-state index < -0.39 is 0 Å². The summed E-state index contributed by atoms with van der Waals surface area (Å²) in [5, 5.41) is 6.25. The molecule has 0 fully saturated rings. The summed E-state index contributed by atoms with van der Waals surface area (Å²) in [4.78, 5) is 2.35. The molecule has 0 bridgehead atoms. The Morgan fingerprint density at radius 2 is 1.08 bits per heavy atom. The Balaban J connectivity index is 1.52. The second-order valence-electron chi connectivity index (χ2n) is 9.24. The summed E-state index contributed by atoms with van der Waals surface area (Å²) < 4.78 is 1.08. The summed E-state index contributed by atoms with van der Waals surface area (Å²) in [5.74, 6) is 0. The quantitative estimate of drug-likeness (QED) is 0.240. The van der Waals surface area contributed by atoms with E-state index in [1.54, 1.807) is 0 Å². The van der Waals surface area contributed by atoms with Crippen LogP contribution in [-0.4, -0.2) is 0 Å². The largest absolute Gasteiger partial charge is 0.352 e. The van der Waals surface area contributed by atoms with Crippen LogP contribution < -0.4 is 10.2 Å². The van der Waals surface area contributed by atoms with Gasteiger partial charge in [0.15, 0.2) is 0 Å². The maximum absolute atomic E-state index is 3.82. The summed E-state index contributed by atoms with van der Waals surface area (Å²) >= 11 is 3.82. The molecule has 1 heterocycles. The number of hydrogen-bond donors (Lipinski definition) is 1. The molecule has 6 aromatic rings. The molecule has 0 aliphatic carbocycles. The van der Waals surface area contributed by atoms with Crippen molar-refractivity contribution in [2.75, 3.05) is 10.2 Å². The molecule has 0 radical (unpaired) electrons. The predicted octanol–water partition coefficient (Wildman–Crippen LogP) is 10.5. The van der Waals surface area contributed by atoms with Gasteiger partial charge < -0.3 is 10.2 Å². The number of halogens is 1. The minimum Gasteiger partial charge on any atom is -0.352 e. The fourth-order valence-electron chi connectivity index (χ4n) is 5.34. The molecule has 6 aromatic carbocycles. The highest BCUT2D eigenvalue weighted by molar-refractivity contribution is 9.10. The van der Waals surface area contributed by atoms with Gasteiger partial charge in [-0.25, -0.2) is 0 Å². The van der Waals surface area contributed by atoms with E-state index >= 15 is 0 Å². The van der Waals surface area contributed by atoms with Gasteiger partial charge in [0.05, 0.1) is 22.7 Å². The van der Waals surface area contributed by atoms with Crippen molar-refractivity contribution in [3.8, 4) is 22.3 Å². The number of anilines is 5. The topological polar surface area (TPSA) is 15.3 Å². The van der Waals surface area contributed by atoms with E-state index in [1.807, 2.05) is 0 Å². The van der Waals surface area contributed by atoms with Gasteiger partial charge >= 0.3 is 0 Å². The van der Waals surface area contributed by atoms with Gasteiger partial charge in [-0.2, -0.15) is 0 Å². The van der Waals surface area contributed by atoms with Crippen molar-refractivity contribution in [3.05, 3.63) is 138 Å². The lowest BCUT2D eigenvalue weighted by atomic mass is 9.89. The van der Waals surface area contributed by atoms with Crippen molar-refractivity contribution >= 4 is 55.1 Å². The summed E-state index contributed by atoms with van der Waals surface area (Å²) in [5.41, 5.74) is 10.4. The number of para-hydroxylation sites is 4. The standard InChI is InChI=1S/C34H23BrN2/c35-30-17-7-6-15-26(30)28-21-23-11-4-5-12-24(23)22-29(28)27-16-10-20-33-34(27)36-31-18-8-9-19-32(31)37(33)25-13-2-1-3-14-25/h1-22,36H. The zero-order valence-corrected chi connectivity index (χ0v) is 21.6. The summed E-state index contributed by atoms with van der Waals surface area (Å²) in [6.07, 6.45) is 0. The Bertz CT molecular complexity index is 1770. The Kier molecular flexibility index (Phi) is 5.30. The van der Waals surface area contributed by atoms with Crippen LogP contribution in [0, 0.1) is 0 Å². The van der Waals surface area contributed by atoms with Gasteiger partial charge in [-0.05, 0) is 76.0 Å². The molecule has 1 N–H and O–H groups in total. The molecule has 37 heavy (non-hydrogen) atoms. The minimum absolute atomic E-state index is 1.08. The predicted molar refractivity (Wildman–Crippen MR) is 160 cm³/mol. The number of nitrogens with zero attached hydrogens (tertiary/aromatic N) is 1. The van der Waals surface area contributed by atoms with E-state index in [9.17, 15) is 0 Å². The second kappa shape index (κ2) is 8.95. The molecule has 0 amide bonds. The molecular weight excluding hydrogens is 516 g/mol. The lowest BCUT2D eigenvalue weighted by molar-refractivity contribution is 1.25. The molecule has 2 nitrogen and oxygen atoms in total. The molecule has 0 saturated carbocycles. The van der Waals surface area contributed by atoms with Crippen molar-refractivity contribution in [2.24, 2.45) is 0 Å². The third-order valence-electron chi connectivity index (χ3n) is 7.04. The number of nitrogens with one attached hydrogen (secondary N) is 1. The van der Waals surface area contributed by atoms with Gasteiger partial charge in [0.2, 0.25) is 0 Å². The zero-order valence-electron chi connectivity index (χ0n) is 20.0. The fraction of sp³-hybridized carbons (Fsp3) is 0. The van der Waals surface area contributed by atoms with Crippen LogP contribution >= 0.6 is 15.9 Å². The molecule has 3 heteroatoms. The molecule has 0 unspecified atom stereocenters. The first-order valence-corrected chi connectivity index (χ1v) is 13.2. The fourth-order valence-corrected chi connectivity index (χ4v) is 5.84. The molecule has 0 spiro atoms. The monoisotopic (exact) mass is 538 g/mol. The van der Waals surface area contributed by atoms with Gasteiger partial charge in [-0.3, -0.25) is 0 Å². The molecule has 176 valence electrons. The average molecular weight is 539 g/mol. The highest BCUT2D eigenvalue weighted by atomic mass is 79.9. The lowest BCUT2D eigenvalue weighted by Crippen LogP contribution is -2.18. The highest BCUT2D eigenvalue weighted by Gasteiger charge is 2.27. The van der Waals surface area contributed by atoms with E-state index in [0.29, 0.717) is 0 Å². The van der Waals surface area contributed by atoms with Crippen LogP contribution in [0.2, 0.25) is 0 Å². The first-order valence-electron chi connectivity index (χ1n) is 12.4.